The van der Waals surface area contributed by atoms with Crippen molar-refractivity contribution in [3.8, 4) is 0 Å². The number of imidazole rings is 1. The number of H-pyrrole nitrogens is 1. The molecule has 0 saturated heterocycles. The van der Waals surface area contributed by atoms with E-state index in [4.69, 9.17) is 5.73 Å². The Balaban J connectivity index is 2.51. The number of aromatic amines is 1. The largest absolute Gasteiger partial charge is 0.348 e. The summed E-state index contributed by atoms with van der Waals surface area (Å²) in [5, 5.41) is 0. The molecular formula is C8H15N4O+. The van der Waals surface area contributed by atoms with Gasteiger partial charge in [-0.3, -0.25) is 4.90 Å². The van der Waals surface area contributed by atoms with Gasteiger partial charge in [0, 0.05) is 18.3 Å². The van der Waals surface area contributed by atoms with Crippen LogP contribution in [0.4, 0.5) is 0 Å². The normalized spacial score (nSPS) is 13.2. The predicted molar refractivity (Wildman–Crippen MR) is 48.1 cm³/mol. The van der Waals surface area contributed by atoms with Gasteiger partial charge in [0.25, 0.3) is 0 Å². The molecule has 1 rings (SSSR count). The molecule has 0 bridgehead atoms. The highest BCUT2D eigenvalue weighted by atomic mass is 16.2. The molecule has 0 aliphatic rings. The third-order valence-corrected chi connectivity index (χ3v) is 1.82. The Hall–Kier alpha value is -1.20. The summed E-state index contributed by atoms with van der Waals surface area (Å²) >= 11 is 0. The maximum atomic E-state index is 11.4. The maximum absolute atomic E-state index is 11.4. The Labute approximate surface area is 76.9 Å². The average molecular weight is 183 g/mol. The lowest BCUT2D eigenvalue weighted by Gasteiger charge is -2.10. The molecular weight excluding hydrogens is 168 g/mol. The first kappa shape index (κ1) is 9.88. The van der Waals surface area contributed by atoms with Crippen LogP contribution < -0.4 is 10.6 Å². The number of hydrogen-bond donors (Lipinski definition) is 3. The van der Waals surface area contributed by atoms with Crippen LogP contribution in [0.25, 0.3) is 0 Å². The van der Waals surface area contributed by atoms with Gasteiger partial charge >= 0.3 is 5.91 Å². The molecule has 1 heterocycles. The minimum atomic E-state index is -0.453. The van der Waals surface area contributed by atoms with E-state index in [1.54, 1.807) is 26.6 Å². The number of likely N-dealkylation sites (N-methyl/N-ethyl adjacent to an activating group) is 1. The molecule has 0 saturated carbocycles. The quantitative estimate of drug-likeness (QED) is 0.505. The minimum absolute atomic E-state index is 0.00889. The van der Waals surface area contributed by atoms with E-state index >= 15 is 0 Å². The molecule has 0 aliphatic heterocycles. The van der Waals surface area contributed by atoms with Crippen molar-refractivity contribution in [2.45, 2.75) is 12.5 Å². The molecule has 0 aromatic carbocycles. The van der Waals surface area contributed by atoms with Crippen LogP contribution in [0.1, 0.15) is 5.69 Å². The van der Waals surface area contributed by atoms with E-state index in [-0.39, 0.29) is 5.91 Å². The van der Waals surface area contributed by atoms with Crippen LogP contribution in [0.3, 0.4) is 0 Å². The SMILES string of the molecule is C[NH+](C)C(=O)[C@@H](N)Cc1cnc[nH]1. The van der Waals surface area contributed by atoms with Crippen molar-refractivity contribution in [1.82, 2.24) is 9.97 Å². The molecule has 1 atom stereocenters. The third kappa shape index (κ3) is 2.64. The van der Waals surface area contributed by atoms with E-state index in [1.807, 2.05) is 0 Å². The Morgan fingerprint density at radius 3 is 2.92 bits per heavy atom. The first-order chi connectivity index (χ1) is 6.11. The zero-order chi connectivity index (χ0) is 9.84. The van der Waals surface area contributed by atoms with Gasteiger partial charge < -0.3 is 10.7 Å². The van der Waals surface area contributed by atoms with Gasteiger partial charge in [-0.05, 0) is 0 Å². The van der Waals surface area contributed by atoms with E-state index in [0.29, 0.717) is 6.42 Å². The zero-order valence-electron chi connectivity index (χ0n) is 7.87. The summed E-state index contributed by atoms with van der Waals surface area (Å²) < 4.78 is 0. The Morgan fingerprint density at radius 2 is 2.46 bits per heavy atom. The number of rotatable bonds is 3. The van der Waals surface area contributed by atoms with Crippen LogP contribution in [0.5, 0.6) is 0 Å². The van der Waals surface area contributed by atoms with E-state index in [9.17, 15) is 4.79 Å². The number of aromatic nitrogens is 2. The molecule has 13 heavy (non-hydrogen) atoms. The summed E-state index contributed by atoms with van der Waals surface area (Å²) in [6, 6.07) is -0.453. The van der Waals surface area contributed by atoms with Gasteiger partial charge in [-0.15, -0.1) is 0 Å². The lowest BCUT2D eigenvalue weighted by atomic mass is 10.1. The van der Waals surface area contributed by atoms with E-state index in [2.05, 4.69) is 9.97 Å². The highest BCUT2D eigenvalue weighted by Gasteiger charge is 2.20. The number of nitrogens with one attached hydrogen (secondary N) is 2. The summed E-state index contributed by atoms with van der Waals surface area (Å²) in [6.45, 7) is 0. The van der Waals surface area contributed by atoms with Crippen LogP contribution in [0.2, 0.25) is 0 Å². The van der Waals surface area contributed by atoms with Crippen molar-refractivity contribution in [2.24, 2.45) is 5.73 Å². The molecule has 5 nitrogen and oxygen atoms in total. The Morgan fingerprint density at radius 1 is 1.77 bits per heavy atom. The molecule has 4 N–H and O–H groups in total. The first-order valence-electron chi connectivity index (χ1n) is 4.18. The van der Waals surface area contributed by atoms with Gasteiger partial charge in [0.15, 0.2) is 0 Å². The van der Waals surface area contributed by atoms with Gasteiger partial charge in [0.1, 0.15) is 6.04 Å². The fourth-order valence-electron chi connectivity index (χ4n) is 1.10. The first-order valence-corrected chi connectivity index (χ1v) is 4.18. The number of quaternary nitrogens is 1. The topological polar surface area (TPSA) is 76.2 Å². The molecule has 0 unspecified atom stereocenters. The van der Waals surface area contributed by atoms with Gasteiger partial charge in [-0.1, -0.05) is 0 Å². The molecule has 0 fully saturated rings. The van der Waals surface area contributed by atoms with Crippen molar-refractivity contribution in [3.63, 3.8) is 0 Å². The van der Waals surface area contributed by atoms with Crippen LogP contribution in [-0.4, -0.2) is 36.0 Å². The van der Waals surface area contributed by atoms with E-state index in [1.165, 1.54) is 0 Å². The molecule has 1 aromatic heterocycles. The molecule has 72 valence electrons. The lowest BCUT2D eigenvalue weighted by molar-refractivity contribution is -0.775. The monoisotopic (exact) mass is 183 g/mol. The van der Waals surface area contributed by atoms with Crippen molar-refractivity contribution in [2.75, 3.05) is 14.1 Å². The van der Waals surface area contributed by atoms with Gasteiger partial charge in [-0.25, -0.2) is 9.78 Å². The van der Waals surface area contributed by atoms with Crippen molar-refractivity contribution in [3.05, 3.63) is 18.2 Å². The summed E-state index contributed by atoms with van der Waals surface area (Å²) in [7, 11) is 3.55. The van der Waals surface area contributed by atoms with Crippen molar-refractivity contribution >= 4 is 5.91 Å². The van der Waals surface area contributed by atoms with Crippen LogP contribution in [0, 0.1) is 0 Å². The highest BCUT2D eigenvalue weighted by molar-refractivity contribution is 5.72. The van der Waals surface area contributed by atoms with E-state index in [0.717, 1.165) is 10.6 Å². The van der Waals surface area contributed by atoms with Crippen LogP contribution in [0.15, 0.2) is 12.5 Å². The molecule has 0 spiro atoms. The second kappa shape index (κ2) is 4.15. The summed E-state index contributed by atoms with van der Waals surface area (Å²) in [5.41, 5.74) is 6.58. The fraction of sp³-hybridized carbons (Fsp3) is 0.500. The second-order valence-corrected chi connectivity index (χ2v) is 3.25. The number of nitrogens with zero attached hydrogens (tertiary/aromatic N) is 1. The molecule has 1 aromatic rings. The summed E-state index contributed by atoms with van der Waals surface area (Å²) in [5.74, 6) is 0.00889. The number of carbonyl (C=O) groups excluding carboxylic acids is 1. The Kier molecular flexibility index (Phi) is 3.16. The lowest BCUT2D eigenvalue weighted by Crippen LogP contribution is -3.10. The number of nitrogens with two attached hydrogens (primary N) is 1. The number of carbonyl (C=O) groups is 1. The second-order valence-electron chi connectivity index (χ2n) is 3.25. The third-order valence-electron chi connectivity index (χ3n) is 1.82. The molecule has 0 radical (unpaired) electrons. The van der Waals surface area contributed by atoms with Gasteiger partial charge in [-0.2, -0.15) is 0 Å². The summed E-state index contributed by atoms with van der Waals surface area (Å²) in [6.07, 6.45) is 3.77. The van der Waals surface area contributed by atoms with Crippen molar-refractivity contribution < 1.29 is 9.69 Å². The smallest absolute Gasteiger partial charge is 0.328 e. The molecule has 5 heteroatoms. The van der Waals surface area contributed by atoms with E-state index < -0.39 is 6.04 Å². The average Bonchev–Trinajstić information content (AvgIpc) is 2.55. The minimum Gasteiger partial charge on any atom is -0.348 e. The number of amides is 1. The summed E-state index contributed by atoms with van der Waals surface area (Å²) in [4.78, 5) is 18.9. The molecule has 0 aliphatic carbocycles. The Bertz CT molecular complexity index is 268. The van der Waals surface area contributed by atoms with Crippen molar-refractivity contribution in [1.29, 1.82) is 0 Å². The standard InChI is InChI=1S/C8H14N4O/c1-12(2)8(13)7(9)3-6-4-10-5-11-6/h4-5,7H,3,9H2,1-2H3,(H,10,11)/p+1/t7-/m0/s1. The zero-order valence-corrected chi connectivity index (χ0v) is 7.87. The highest BCUT2D eigenvalue weighted by Crippen LogP contribution is 1.94. The van der Waals surface area contributed by atoms with Crippen LogP contribution >= 0.6 is 0 Å². The predicted octanol–water partition coefficient (Wildman–Crippen LogP) is -2.05. The van der Waals surface area contributed by atoms with Crippen LogP contribution in [-0.2, 0) is 11.2 Å². The maximum Gasteiger partial charge on any atom is 0.328 e. The van der Waals surface area contributed by atoms with Gasteiger partial charge in [0.2, 0.25) is 0 Å². The fourth-order valence-corrected chi connectivity index (χ4v) is 1.10. The molecule has 1 amide bonds. The number of hydrogen-bond acceptors (Lipinski definition) is 3. The van der Waals surface area contributed by atoms with Gasteiger partial charge in [0.05, 0.1) is 20.4 Å².